The Morgan fingerprint density at radius 1 is 0.538 bits per heavy atom. The zero-order valence-corrected chi connectivity index (χ0v) is 18.0. The molecule has 2 N–H and O–H groups in total. The van der Waals surface area contributed by atoms with Gasteiger partial charge in [-0.2, -0.15) is 16.8 Å². The molecule has 2 unspecified atom stereocenters. The maximum absolute atomic E-state index is 11.7. The van der Waals surface area contributed by atoms with E-state index in [2.05, 4.69) is 13.8 Å². The Hall–Kier alpha value is -0.180. The van der Waals surface area contributed by atoms with Crippen molar-refractivity contribution in [3.05, 3.63) is 0 Å². The van der Waals surface area contributed by atoms with Gasteiger partial charge in [-0.1, -0.05) is 90.9 Å². The van der Waals surface area contributed by atoms with Crippen LogP contribution in [0.1, 0.15) is 104 Å². The molecule has 0 aromatic rings. The van der Waals surface area contributed by atoms with E-state index in [4.69, 9.17) is 0 Å². The van der Waals surface area contributed by atoms with Crippen molar-refractivity contribution in [2.75, 3.05) is 0 Å². The standard InChI is InChI=1S/C18H38O6S2/c1-3-5-7-9-10-12-14-16-18(26(22,23)24)17(25(19,20)21)15-13-11-8-6-4-2/h17-18H,3-16H2,1-2H3,(H,19,20,21)(H,22,23,24). The van der Waals surface area contributed by atoms with Crippen LogP contribution < -0.4 is 0 Å². The lowest BCUT2D eigenvalue weighted by Gasteiger charge is -2.22. The Morgan fingerprint density at radius 3 is 1.08 bits per heavy atom. The van der Waals surface area contributed by atoms with Crippen LogP contribution in [0.2, 0.25) is 0 Å². The molecule has 8 heteroatoms. The first-order chi connectivity index (χ1) is 12.1. The fraction of sp³-hybridized carbons (Fsp3) is 1.00. The van der Waals surface area contributed by atoms with Gasteiger partial charge in [0.25, 0.3) is 20.2 Å². The lowest BCUT2D eigenvalue weighted by Crippen LogP contribution is -2.39. The molecule has 0 aromatic carbocycles. The molecule has 0 amide bonds. The van der Waals surface area contributed by atoms with E-state index < -0.39 is 30.7 Å². The first-order valence-electron chi connectivity index (χ1n) is 10.1. The molecule has 0 bridgehead atoms. The Morgan fingerprint density at radius 2 is 0.808 bits per heavy atom. The third-order valence-corrected chi connectivity index (χ3v) is 7.70. The quantitative estimate of drug-likeness (QED) is 0.256. The molecular weight excluding hydrogens is 376 g/mol. The van der Waals surface area contributed by atoms with Crippen molar-refractivity contribution in [2.24, 2.45) is 0 Å². The van der Waals surface area contributed by atoms with Crippen LogP contribution in [0.5, 0.6) is 0 Å². The minimum absolute atomic E-state index is 0.0590. The molecule has 158 valence electrons. The minimum atomic E-state index is -4.54. The molecule has 0 aliphatic carbocycles. The summed E-state index contributed by atoms with van der Waals surface area (Å²) in [5, 5.41) is -2.89. The second kappa shape index (κ2) is 13.9. The normalized spacial score (nSPS) is 15.1. The van der Waals surface area contributed by atoms with Gasteiger partial charge in [-0.15, -0.1) is 0 Å². The van der Waals surface area contributed by atoms with Crippen molar-refractivity contribution in [1.82, 2.24) is 0 Å². The highest BCUT2D eigenvalue weighted by Crippen LogP contribution is 2.24. The highest BCUT2D eigenvalue weighted by Gasteiger charge is 2.39. The molecule has 0 aliphatic rings. The van der Waals surface area contributed by atoms with Gasteiger partial charge in [0.1, 0.15) is 10.5 Å². The van der Waals surface area contributed by atoms with Crippen molar-refractivity contribution in [3.63, 3.8) is 0 Å². The Bertz CT molecular complexity index is 542. The fourth-order valence-corrected chi connectivity index (χ4v) is 6.12. The van der Waals surface area contributed by atoms with Gasteiger partial charge in [0.05, 0.1) is 0 Å². The van der Waals surface area contributed by atoms with E-state index in [1.165, 1.54) is 6.42 Å². The van der Waals surface area contributed by atoms with Crippen LogP contribution in [-0.2, 0) is 20.2 Å². The molecule has 0 spiro atoms. The number of unbranched alkanes of at least 4 members (excludes halogenated alkanes) is 10. The molecule has 0 heterocycles. The summed E-state index contributed by atoms with van der Waals surface area (Å²) in [5.74, 6) is 0. The van der Waals surface area contributed by atoms with Crippen LogP contribution >= 0.6 is 0 Å². The van der Waals surface area contributed by atoms with Gasteiger partial charge in [-0.3, -0.25) is 9.11 Å². The van der Waals surface area contributed by atoms with Gasteiger partial charge in [0.15, 0.2) is 0 Å². The largest absolute Gasteiger partial charge is 0.285 e. The molecule has 2 atom stereocenters. The minimum Gasteiger partial charge on any atom is -0.285 e. The Balaban J connectivity index is 4.69. The maximum atomic E-state index is 11.7. The van der Waals surface area contributed by atoms with E-state index >= 15 is 0 Å². The molecule has 0 aromatic heterocycles. The molecule has 0 saturated carbocycles. The SMILES string of the molecule is CCCCCCCCCC(C(CCCCCCC)S(=O)(=O)O)S(=O)(=O)O. The fourth-order valence-electron chi connectivity index (χ4n) is 3.30. The molecule has 26 heavy (non-hydrogen) atoms. The van der Waals surface area contributed by atoms with Crippen LogP contribution in [0.3, 0.4) is 0 Å². The van der Waals surface area contributed by atoms with E-state index in [9.17, 15) is 25.9 Å². The molecule has 0 rings (SSSR count). The summed E-state index contributed by atoms with van der Waals surface area (Å²) in [4.78, 5) is 0. The van der Waals surface area contributed by atoms with Crippen LogP contribution in [0.25, 0.3) is 0 Å². The zero-order chi connectivity index (χ0) is 20.1. The first-order valence-corrected chi connectivity index (χ1v) is 13.1. The van der Waals surface area contributed by atoms with Gasteiger partial charge in [-0.05, 0) is 12.8 Å². The van der Waals surface area contributed by atoms with Gasteiger partial charge < -0.3 is 0 Å². The first kappa shape index (κ1) is 25.8. The maximum Gasteiger partial charge on any atom is 0.269 e. The van der Waals surface area contributed by atoms with Gasteiger partial charge in [-0.25, -0.2) is 0 Å². The van der Waals surface area contributed by atoms with E-state index in [-0.39, 0.29) is 12.8 Å². The number of hydrogen-bond donors (Lipinski definition) is 2. The molecule has 6 nitrogen and oxygen atoms in total. The lowest BCUT2D eigenvalue weighted by atomic mass is 10.0. The topological polar surface area (TPSA) is 109 Å². The lowest BCUT2D eigenvalue weighted by molar-refractivity contribution is 0.416. The predicted octanol–water partition coefficient (Wildman–Crippen LogP) is 5.00. The van der Waals surface area contributed by atoms with Crippen molar-refractivity contribution in [3.8, 4) is 0 Å². The van der Waals surface area contributed by atoms with Gasteiger partial charge in [0.2, 0.25) is 0 Å². The second-order valence-corrected chi connectivity index (χ2v) is 10.5. The van der Waals surface area contributed by atoms with E-state index in [1.54, 1.807) is 0 Å². The van der Waals surface area contributed by atoms with E-state index in [0.29, 0.717) is 12.8 Å². The summed E-state index contributed by atoms with van der Waals surface area (Å²) in [6, 6.07) is 0. The molecular formula is C18H38O6S2. The van der Waals surface area contributed by atoms with Crippen LogP contribution in [0, 0.1) is 0 Å². The summed E-state index contributed by atoms with van der Waals surface area (Å²) in [5.41, 5.74) is 0. The van der Waals surface area contributed by atoms with E-state index in [0.717, 1.165) is 57.8 Å². The van der Waals surface area contributed by atoms with Crippen molar-refractivity contribution < 1.29 is 25.9 Å². The molecule has 0 aliphatic heterocycles. The zero-order valence-electron chi connectivity index (χ0n) is 16.4. The Labute approximate surface area is 160 Å². The molecule has 0 saturated heterocycles. The predicted molar refractivity (Wildman–Crippen MR) is 107 cm³/mol. The molecule has 0 radical (unpaired) electrons. The average molecular weight is 415 g/mol. The highest BCUT2D eigenvalue weighted by atomic mass is 32.2. The third kappa shape index (κ3) is 12.3. The van der Waals surface area contributed by atoms with Crippen LogP contribution in [-0.4, -0.2) is 36.4 Å². The summed E-state index contributed by atoms with van der Waals surface area (Å²) < 4.78 is 66.0. The third-order valence-electron chi connectivity index (χ3n) is 4.86. The molecule has 0 fully saturated rings. The van der Waals surface area contributed by atoms with Crippen molar-refractivity contribution in [2.45, 2.75) is 114 Å². The monoisotopic (exact) mass is 414 g/mol. The number of rotatable bonds is 17. The van der Waals surface area contributed by atoms with Crippen molar-refractivity contribution in [1.29, 1.82) is 0 Å². The second-order valence-electron chi connectivity index (χ2n) is 7.22. The smallest absolute Gasteiger partial charge is 0.269 e. The van der Waals surface area contributed by atoms with Crippen molar-refractivity contribution >= 4 is 20.2 Å². The van der Waals surface area contributed by atoms with Gasteiger partial charge in [0, 0.05) is 0 Å². The van der Waals surface area contributed by atoms with Gasteiger partial charge >= 0.3 is 0 Å². The highest BCUT2D eigenvalue weighted by molar-refractivity contribution is 7.90. The number of hydrogen-bond acceptors (Lipinski definition) is 4. The van der Waals surface area contributed by atoms with Crippen LogP contribution in [0.15, 0.2) is 0 Å². The summed E-state index contributed by atoms with van der Waals surface area (Å²) in [7, 11) is -9.07. The van der Waals surface area contributed by atoms with E-state index in [1.807, 2.05) is 0 Å². The Kier molecular flexibility index (Phi) is 13.8. The average Bonchev–Trinajstić information content (AvgIpc) is 2.52. The summed E-state index contributed by atoms with van der Waals surface area (Å²) >= 11 is 0. The summed E-state index contributed by atoms with van der Waals surface area (Å²) in [6.07, 6.45) is 11.3. The summed E-state index contributed by atoms with van der Waals surface area (Å²) in [6.45, 7) is 4.20. The van der Waals surface area contributed by atoms with Crippen LogP contribution in [0.4, 0.5) is 0 Å².